The average Bonchev–Trinajstić information content (AvgIpc) is 3.10. The summed E-state index contributed by atoms with van der Waals surface area (Å²) in [4.78, 5) is 18.0. The van der Waals surface area contributed by atoms with Crippen LogP contribution in [0.3, 0.4) is 0 Å². The molecule has 1 aliphatic rings. The smallest absolute Gasteiger partial charge is 0.323 e. The lowest BCUT2D eigenvalue weighted by atomic mass is 10.3. The number of thiazole rings is 1. The highest BCUT2D eigenvalue weighted by Crippen LogP contribution is 2.40. The minimum Gasteiger partial charge on any atom is -0.395 e. The number of nitrogens with one attached hydrogen (secondary N) is 1. The van der Waals surface area contributed by atoms with Crippen LogP contribution in [0.2, 0.25) is 0 Å². The second-order valence-electron chi connectivity index (χ2n) is 4.49. The van der Waals surface area contributed by atoms with Crippen LogP contribution in [0.25, 0.3) is 0 Å². The van der Waals surface area contributed by atoms with E-state index in [1.54, 1.807) is 4.90 Å². The van der Waals surface area contributed by atoms with Crippen LogP contribution in [0.15, 0.2) is 5.38 Å². The summed E-state index contributed by atoms with van der Waals surface area (Å²) in [5.41, 5.74) is 1.10. The van der Waals surface area contributed by atoms with E-state index in [1.807, 2.05) is 12.3 Å². The van der Waals surface area contributed by atoms with Crippen molar-refractivity contribution in [3.05, 3.63) is 11.1 Å². The first-order chi connectivity index (χ1) is 8.74. The fourth-order valence-electron chi connectivity index (χ4n) is 1.79. The Morgan fingerprint density at radius 3 is 3.00 bits per heavy atom. The number of carbonyl (C=O) groups excluding carboxylic acids is 1. The predicted octanol–water partition coefficient (Wildman–Crippen LogP) is 2.26. The van der Waals surface area contributed by atoms with Crippen LogP contribution in [-0.4, -0.2) is 40.7 Å². The van der Waals surface area contributed by atoms with Crippen molar-refractivity contribution in [2.45, 2.75) is 32.1 Å². The fraction of sp³-hybridized carbons (Fsp3) is 0.667. The highest BCUT2D eigenvalue weighted by molar-refractivity contribution is 7.13. The molecule has 0 atom stereocenters. The maximum atomic E-state index is 12.0. The second-order valence-corrected chi connectivity index (χ2v) is 5.35. The number of hydrogen-bond acceptors (Lipinski definition) is 4. The third kappa shape index (κ3) is 3.43. The zero-order valence-electron chi connectivity index (χ0n) is 10.6. The van der Waals surface area contributed by atoms with Gasteiger partial charge < -0.3 is 10.0 Å². The molecule has 1 heterocycles. The Balaban J connectivity index is 1.90. The maximum Gasteiger partial charge on any atom is 0.323 e. The lowest BCUT2D eigenvalue weighted by Gasteiger charge is -2.20. The Kier molecular flexibility index (Phi) is 4.54. The molecule has 0 aromatic carbocycles. The third-order valence-corrected chi connectivity index (χ3v) is 3.66. The zero-order chi connectivity index (χ0) is 13.0. The van der Waals surface area contributed by atoms with Crippen LogP contribution in [0.5, 0.6) is 0 Å². The molecule has 2 amide bonds. The predicted molar refractivity (Wildman–Crippen MR) is 72.1 cm³/mol. The molecule has 0 saturated heterocycles. The minimum atomic E-state index is -0.178. The molecular weight excluding hydrogens is 250 g/mol. The standard InChI is InChI=1S/C12H19N3O2S/c1-2-5-15(6-7-16)12(17)14-11-13-10(8-18-11)9-3-4-9/h8-9,16H,2-7H2,1H3,(H,13,14,17). The van der Waals surface area contributed by atoms with E-state index in [1.165, 1.54) is 24.2 Å². The SMILES string of the molecule is CCCN(CCO)C(=O)Nc1nc(C2CC2)cs1. The first-order valence-corrected chi connectivity index (χ1v) is 7.24. The molecule has 1 aliphatic carbocycles. The van der Waals surface area contributed by atoms with E-state index in [0.29, 0.717) is 24.1 Å². The van der Waals surface area contributed by atoms with Crippen molar-refractivity contribution in [3.8, 4) is 0 Å². The number of aliphatic hydroxyl groups is 1. The number of carbonyl (C=O) groups is 1. The number of aliphatic hydroxyl groups excluding tert-OH is 1. The monoisotopic (exact) mass is 269 g/mol. The fourth-order valence-corrected chi connectivity index (χ4v) is 2.57. The van der Waals surface area contributed by atoms with Gasteiger partial charge in [0.1, 0.15) is 0 Å². The molecule has 1 aromatic rings. The molecule has 5 nitrogen and oxygen atoms in total. The molecule has 0 aliphatic heterocycles. The highest BCUT2D eigenvalue weighted by Gasteiger charge is 2.26. The lowest BCUT2D eigenvalue weighted by molar-refractivity contribution is 0.188. The summed E-state index contributed by atoms with van der Waals surface area (Å²) in [5, 5.41) is 14.4. The van der Waals surface area contributed by atoms with Crippen LogP contribution in [-0.2, 0) is 0 Å². The average molecular weight is 269 g/mol. The lowest BCUT2D eigenvalue weighted by Crippen LogP contribution is -2.37. The topological polar surface area (TPSA) is 65.5 Å². The van der Waals surface area contributed by atoms with E-state index in [0.717, 1.165) is 12.1 Å². The number of amides is 2. The summed E-state index contributed by atoms with van der Waals surface area (Å²) >= 11 is 1.47. The van der Waals surface area contributed by atoms with Gasteiger partial charge in [0, 0.05) is 24.4 Å². The number of nitrogens with zero attached hydrogens (tertiary/aromatic N) is 2. The maximum absolute atomic E-state index is 12.0. The molecule has 1 fully saturated rings. The number of urea groups is 1. The van der Waals surface area contributed by atoms with Crippen molar-refractivity contribution in [3.63, 3.8) is 0 Å². The Morgan fingerprint density at radius 2 is 2.39 bits per heavy atom. The van der Waals surface area contributed by atoms with Gasteiger partial charge in [-0.25, -0.2) is 9.78 Å². The normalized spacial score (nSPS) is 14.6. The number of hydrogen-bond donors (Lipinski definition) is 2. The summed E-state index contributed by atoms with van der Waals surface area (Å²) in [6, 6.07) is -0.178. The van der Waals surface area contributed by atoms with Crippen molar-refractivity contribution < 1.29 is 9.90 Å². The van der Waals surface area contributed by atoms with Crippen molar-refractivity contribution >= 4 is 22.5 Å². The van der Waals surface area contributed by atoms with Crippen LogP contribution >= 0.6 is 11.3 Å². The summed E-state index contributed by atoms with van der Waals surface area (Å²) in [7, 11) is 0. The van der Waals surface area contributed by atoms with Crippen molar-refractivity contribution in [1.82, 2.24) is 9.88 Å². The second kappa shape index (κ2) is 6.15. The van der Waals surface area contributed by atoms with Crippen LogP contribution in [0, 0.1) is 0 Å². The van der Waals surface area contributed by atoms with Crippen molar-refractivity contribution in [2.75, 3.05) is 25.0 Å². The summed E-state index contributed by atoms with van der Waals surface area (Å²) in [6.07, 6.45) is 3.30. The van der Waals surface area contributed by atoms with E-state index in [-0.39, 0.29) is 12.6 Å². The zero-order valence-corrected chi connectivity index (χ0v) is 11.4. The first-order valence-electron chi connectivity index (χ1n) is 6.36. The van der Waals surface area contributed by atoms with Gasteiger partial charge in [0.05, 0.1) is 12.3 Å². The van der Waals surface area contributed by atoms with Gasteiger partial charge in [-0.05, 0) is 19.3 Å². The van der Waals surface area contributed by atoms with Gasteiger partial charge >= 0.3 is 6.03 Å². The Labute approximate surface area is 111 Å². The van der Waals surface area contributed by atoms with Gasteiger partial charge in [-0.2, -0.15) is 0 Å². The quantitative estimate of drug-likeness (QED) is 0.832. The molecule has 100 valence electrons. The van der Waals surface area contributed by atoms with Crippen LogP contribution in [0.1, 0.15) is 37.8 Å². The van der Waals surface area contributed by atoms with E-state index in [9.17, 15) is 4.79 Å². The first kappa shape index (κ1) is 13.3. The Morgan fingerprint density at radius 1 is 1.61 bits per heavy atom. The summed E-state index contributed by atoms with van der Waals surface area (Å²) in [5.74, 6) is 0.607. The Bertz CT molecular complexity index is 398. The van der Waals surface area contributed by atoms with Gasteiger partial charge in [-0.15, -0.1) is 11.3 Å². The minimum absolute atomic E-state index is 0.0153. The van der Waals surface area contributed by atoms with Crippen LogP contribution in [0.4, 0.5) is 9.93 Å². The third-order valence-electron chi connectivity index (χ3n) is 2.88. The molecular formula is C12H19N3O2S. The van der Waals surface area contributed by atoms with Gasteiger partial charge in [-0.3, -0.25) is 5.32 Å². The van der Waals surface area contributed by atoms with Gasteiger partial charge in [0.2, 0.25) is 0 Å². The molecule has 0 bridgehead atoms. The molecule has 1 saturated carbocycles. The molecule has 2 N–H and O–H groups in total. The van der Waals surface area contributed by atoms with E-state index >= 15 is 0 Å². The van der Waals surface area contributed by atoms with Gasteiger partial charge in [0.15, 0.2) is 5.13 Å². The summed E-state index contributed by atoms with van der Waals surface area (Å²) < 4.78 is 0. The molecule has 6 heteroatoms. The number of aromatic nitrogens is 1. The molecule has 1 aromatic heterocycles. The molecule has 2 rings (SSSR count). The number of anilines is 1. The van der Waals surface area contributed by atoms with E-state index in [4.69, 9.17) is 5.11 Å². The van der Waals surface area contributed by atoms with Crippen LogP contribution < -0.4 is 5.32 Å². The summed E-state index contributed by atoms with van der Waals surface area (Å²) in [6.45, 7) is 3.00. The Hall–Kier alpha value is -1.14. The van der Waals surface area contributed by atoms with E-state index < -0.39 is 0 Å². The molecule has 18 heavy (non-hydrogen) atoms. The largest absolute Gasteiger partial charge is 0.395 e. The number of rotatable bonds is 6. The van der Waals surface area contributed by atoms with Gasteiger partial charge in [0.25, 0.3) is 0 Å². The molecule has 0 spiro atoms. The highest BCUT2D eigenvalue weighted by atomic mass is 32.1. The molecule has 0 unspecified atom stereocenters. The van der Waals surface area contributed by atoms with E-state index in [2.05, 4.69) is 10.3 Å². The van der Waals surface area contributed by atoms with Crippen molar-refractivity contribution in [1.29, 1.82) is 0 Å². The molecule has 0 radical (unpaired) electrons. The van der Waals surface area contributed by atoms with Gasteiger partial charge in [-0.1, -0.05) is 6.92 Å². The van der Waals surface area contributed by atoms with Crippen molar-refractivity contribution in [2.24, 2.45) is 0 Å².